The molecule has 2 aromatic carbocycles. The number of nitrogens with zero attached hydrogens (tertiary/aromatic N) is 8. The molecule has 23 heteroatoms. The van der Waals surface area contributed by atoms with Gasteiger partial charge in [-0.2, -0.15) is 8.61 Å². The van der Waals surface area contributed by atoms with Crippen molar-refractivity contribution in [3.05, 3.63) is 107 Å². The molecule has 10 rings (SSSR count). The molecule has 88 heavy (non-hydrogen) atoms. The highest BCUT2D eigenvalue weighted by Crippen LogP contribution is 2.40. The van der Waals surface area contributed by atoms with Crippen LogP contribution in [0.3, 0.4) is 0 Å². The van der Waals surface area contributed by atoms with Gasteiger partial charge in [0.25, 0.3) is 0 Å². The predicted molar refractivity (Wildman–Crippen MR) is 331 cm³/mol. The fourth-order valence-corrected chi connectivity index (χ4v) is 17.5. The van der Waals surface area contributed by atoms with Crippen molar-refractivity contribution < 1.29 is 83.3 Å². The number of likely N-dealkylation sites (tertiary alicyclic amines) is 4. The summed E-state index contributed by atoms with van der Waals surface area (Å²) in [5.74, 6) is 1.11. The molecule has 2 amide bonds. The number of carbonyl (C=O) groups excluding carboxylic acids is 2. The maximum absolute atomic E-state index is 13.7. The molecule has 4 saturated heterocycles. The van der Waals surface area contributed by atoms with Crippen LogP contribution in [-0.4, -0.2) is 218 Å². The number of aromatic nitrogens is 2. The molecule has 0 radical (unpaired) electrons. The Balaban J connectivity index is 0.000000225. The van der Waals surface area contributed by atoms with Gasteiger partial charge in [0, 0.05) is 107 Å². The summed E-state index contributed by atoms with van der Waals surface area (Å²) < 4.78 is 94.4. The van der Waals surface area contributed by atoms with E-state index in [0.717, 1.165) is 67.5 Å². The smallest absolute Gasteiger partial charge is 0.248 e. The number of likely N-dealkylation sites (N-methyl/N-ethyl adjacent to an activating group) is 1. The first-order valence-corrected chi connectivity index (χ1v) is 34.4. The largest absolute Gasteiger partial charge is 1.00 e. The second-order valence-corrected chi connectivity index (χ2v) is 28.6. The third kappa shape index (κ3) is 17.4. The third-order valence-electron chi connectivity index (χ3n) is 18.6. The molecule has 0 N–H and O–H groups in total. The van der Waals surface area contributed by atoms with E-state index in [0.29, 0.717) is 109 Å². The average molecular weight is 1370 g/mol. The molecule has 6 aliphatic rings. The number of ether oxygens (including phenoxy) is 6. The van der Waals surface area contributed by atoms with Gasteiger partial charge in [-0.05, 0) is 164 Å². The Bertz CT molecular complexity index is 3100. The van der Waals surface area contributed by atoms with Crippen LogP contribution >= 0.6 is 0 Å². The van der Waals surface area contributed by atoms with Gasteiger partial charge in [-0.15, -0.1) is 0 Å². The number of quaternary nitrogens is 1. The van der Waals surface area contributed by atoms with Crippen molar-refractivity contribution in [2.75, 3.05) is 139 Å². The second kappa shape index (κ2) is 31.3. The molecule has 0 atom stereocenters. The van der Waals surface area contributed by atoms with Crippen LogP contribution in [0.2, 0.25) is 0 Å². The Morgan fingerprint density at radius 2 is 0.989 bits per heavy atom. The summed E-state index contributed by atoms with van der Waals surface area (Å²) in [6.07, 6.45) is 18.5. The number of benzene rings is 2. The molecular weight excluding hydrogens is 1280 g/mol. The van der Waals surface area contributed by atoms with Crippen LogP contribution in [0.4, 0.5) is 0 Å². The molecule has 0 unspecified atom stereocenters. The number of hydrogen-bond donors (Lipinski definition) is 0. The minimum Gasteiger partial charge on any atom is -1.00 e. The molecule has 6 fully saturated rings. The van der Waals surface area contributed by atoms with Crippen molar-refractivity contribution in [3.63, 3.8) is 0 Å². The second-order valence-electron chi connectivity index (χ2n) is 25.0. The lowest BCUT2D eigenvalue weighted by Crippen LogP contribution is -3.00. The summed E-state index contributed by atoms with van der Waals surface area (Å²) in [4.78, 5) is 41.7. The van der Waals surface area contributed by atoms with E-state index in [1.165, 1.54) is 38.8 Å². The number of pyridine rings is 2. The van der Waals surface area contributed by atoms with E-state index in [9.17, 15) is 26.4 Å². The van der Waals surface area contributed by atoms with Crippen molar-refractivity contribution in [3.8, 4) is 11.5 Å². The lowest BCUT2D eigenvalue weighted by molar-refractivity contribution is -0.898. The van der Waals surface area contributed by atoms with E-state index in [1.54, 1.807) is 87.2 Å². The van der Waals surface area contributed by atoms with E-state index < -0.39 is 31.2 Å². The SMILES string of the molecule is COc1cc(C)c(S(=O)(=O)N(CCOCC(=O)N2CCC(OCCN3CCCC3)(c3cccnc3)CC2)C2CC2)c(C)c1.COc1cc(C)c(S(=O)(=O)N(CCOCC(=O)N2CCC(OCC[N+]3(C)CCCC3)(c3cccnc3)CC2)C2CC2)c(C)c1.[I-]. The number of sulfonamides is 2. The van der Waals surface area contributed by atoms with Crippen molar-refractivity contribution in [2.45, 2.75) is 138 Å². The van der Waals surface area contributed by atoms with Crippen molar-refractivity contribution >= 4 is 31.9 Å². The van der Waals surface area contributed by atoms with Gasteiger partial charge >= 0.3 is 0 Å². The van der Waals surface area contributed by atoms with Crippen LogP contribution in [0.5, 0.6) is 11.5 Å². The van der Waals surface area contributed by atoms with Crippen LogP contribution in [0, 0.1) is 27.7 Å². The van der Waals surface area contributed by atoms with Crippen molar-refractivity contribution in [1.29, 1.82) is 0 Å². The molecule has 486 valence electrons. The molecule has 0 spiro atoms. The molecule has 20 nitrogen and oxygen atoms in total. The highest BCUT2D eigenvalue weighted by atomic mass is 127. The summed E-state index contributed by atoms with van der Waals surface area (Å²) in [6.45, 7) is 18.0. The maximum Gasteiger partial charge on any atom is 0.248 e. The average Bonchev–Trinajstić information content (AvgIpc) is 3.41. The molecule has 4 aromatic rings. The highest BCUT2D eigenvalue weighted by Gasteiger charge is 2.44. The van der Waals surface area contributed by atoms with Crippen LogP contribution < -0.4 is 33.5 Å². The van der Waals surface area contributed by atoms with E-state index in [-0.39, 0.29) is 87.4 Å². The quantitative estimate of drug-likeness (QED) is 0.0446. The van der Waals surface area contributed by atoms with Crippen molar-refractivity contribution in [1.82, 2.24) is 33.3 Å². The topological polar surface area (TPSA) is 200 Å². The summed E-state index contributed by atoms with van der Waals surface area (Å²) in [6, 6.07) is 15.0. The number of halogens is 1. The fourth-order valence-electron chi connectivity index (χ4n) is 13.3. The number of amides is 2. The number of piperidine rings is 2. The lowest BCUT2D eigenvalue weighted by atomic mass is 9.85. The number of carbonyl (C=O) groups is 2. The molecule has 4 aliphatic heterocycles. The first-order chi connectivity index (χ1) is 41.8. The number of rotatable bonds is 28. The van der Waals surface area contributed by atoms with Gasteiger partial charge < -0.3 is 71.6 Å². The van der Waals surface area contributed by atoms with E-state index in [1.807, 2.05) is 34.3 Å². The van der Waals surface area contributed by atoms with E-state index in [4.69, 9.17) is 28.4 Å². The normalized spacial score (nSPS) is 19.3. The first kappa shape index (κ1) is 69.5. The summed E-state index contributed by atoms with van der Waals surface area (Å²) in [5.41, 5.74) is 3.85. The van der Waals surface area contributed by atoms with Gasteiger partial charge in [0.05, 0.1) is 81.8 Å². The first-order valence-electron chi connectivity index (χ1n) is 31.5. The fraction of sp³-hybridized carbons (Fsp3) is 0.631. The Kier molecular flexibility index (Phi) is 24.7. The molecular formula is C65H95IN8O12S2. The lowest BCUT2D eigenvalue weighted by Gasteiger charge is -2.42. The summed E-state index contributed by atoms with van der Waals surface area (Å²) in [5, 5.41) is 0. The zero-order chi connectivity index (χ0) is 61.8. The third-order valence-corrected chi connectivity index (χ3v) is 23.1. The van der Waals surface area contributed by atoms with Gasteiger partial charge in [0.15, 0.2) is 0 Å². The number of methoxy groups -OCH3 is 2. The van der Waals surface area contributed by atoms with Crippen LogP contribution in [0.15, 0.2) is 83.1 Å². The van der Waals surface area contributed by atoms with Gasteiger partial charge in [0.2, 0.25) is 31.9 Å². The highest BCUT2D eigenvalue weighted by molar-refractivity contribution is 7.89. The molecule has 2 aliphatic carbocycles. The summed E-state index contributed by atoms with van der Waals surface area (Å²) in [7, 11) is -1.98. The number of aryl methyl sites for hydroxylation is 4. The van der Waals surface area contributed by atoms with Gasteiger partial charge in [-0.3, -0.25) is 19.6 Å². The Morgan fingerprint density at radius 3 is 1.35 bits per heavy atom. The summed E-state index contributed by atoms with van der Waals surface area (Å²) >= 11 is 0. The van der Waals surface area contributed by atoms with E-state index in [2.05, 4.69) is 34.0 Å². The van der Waals surface area contributed by atoms with Crippen molar-refractivity contribution in [2.24, 2.45) is 0 Å². The monoisotopic (exact) mass is 1370 g/mol. The minimum atomic E-state index is -3.72. The Hall–Kier alpha value is -4.41. The van der Waals surface area contributed by atoms with Gasteiger partial charge in [-0.1, -0.05) is 12.1 Å². The Labute approximate surface area is 540 Å². The maximum atomic E-state index is 13.7. The Morgan fingerprint density at radius 1 is 0.591 bits per heavy atom. The molecule has 6 heterocycles. The minimum absolute atomic E-state index is 0. The van der Waals surface area contributed by atoms with Gasteiger partial charge in [-0.25, -0.2) is 16.8 Å². The zero-order valence-corrected chi connectivity index (χ0v) is 56.8. The van der Waals surface area contributed by atoms with Crippen LogP contribution in [-0.2, 0) is 59.8 Å². The van der Waals surface area contributed by atoms with Gasteiger partial charge in [0.1, 0.15) is 31.3 Å². The van der Waals surface area contributed by atoms with E-state index >= 15 is 0 Å². The molecule has 2 saturated carbocycles. The number of hydrogen-bond acceptors (Lipinski definition) is 15. The molecule has 0 bridgehead atoms. The molecule has 2 aromatic heterocycles. The zero-order valence-electron chi connectivity index (χ0n) is 53.0. The van der Waals surface area contributed by atoms with Crippen LogP contribution in [0.25, 0.3) is 0 Å². The van der Waals surface area contributed by atoms with Crippen LogP contribution in [0.1, 0.15) is 110 Å². The predicted octanol–water partition coefficient (Wildman–Crippen LogP) is 4.16. The standard InChI is InChI=1S/C33H49N4O6S.C32H46N4O6S.HI/c1-26-22-30(41-4)23-27(2)32(26)44(39,40)36(29-9-10-29)16-20-42-25-31(38)35-14-11-33(12-15-35,28-8-7-13-34-24-28)43-21-19-37(3)17-5-6-18-37;1-25-21-29(40-3)22-26(2)31(25)43(38,39)36(28-8-9-28)18-19-41-24-30(37)35-15-10-32(11-16-35,27-7-6-12-33-23-27)42-20-17-34-13-4-5-14-34;/h7-8,13,22-24,29H,5-6,9-12,14-21,25H2,1-4H3;6-7,12,21-23,28H,4-5,8-11,13-20,24H2,1-3H3;1H/q+1;;/p-1.